The average Bonchev–Trinajstić information content (AvgIpc) is 3.14. The van der Waals surface area contributed by atoms with E-state index in [4.69, 9.17) is 5.73 Å². The molecule has 1 aromatic carbocycles. The zero-order chi connectivity index (χ0) is 15.5. The van der Waals surface area contributed by atoms with E-state index in [0.29, 0.717) is 5.92 Å². The second-order valence-electron chi connectivity index (χ2n) is 6.60. The van der Waals surface area contributed by atoms with Crippen LogP contribution in [0.2, 0.25) is 0 Å². The summed E-state index contributed by atoms with van der Waals surface area (Å²) in [6, 6.07) is 8.63. The highest BCUT2D eigenvalue weighted by atomic mass is 79.9. The van der Waals surface area contributed by atoms with Crippen LogP contribution in [0.1, 0.15) is 25.7 Å². The van der Waals surface area contributed by atoms with Crippen molar-refractivity contribution in [2.24, 2.45) is 17.6 Å². The molecule has 136 valence electrons. The van der Waals surface area contributed by atoms with Gasteiger partial charge in [0.2, 0.25) is 5.91 Å². The van der Waals surface area contributed by atoms with Crippen LogP contribution in [0, 0.1) is 11.8 Å². The van der Waals surface area contributed by atoms with Crippen molar-refractivity contribution in [1.29, 1.82) is 0 Å². The Labute approximate surface area is 164 Å². The average molecular weight is 439 g/mol. The van der Waals surface area contributed by atoms with E-state index in [2.05, 4.69) is 44.3 Å². The Bertz CT molecular complexity index is 546. The van der Waals surface area contributed by atoms with Crippen molar-refractivity contribution >= 4 is 52.3 Å². The van der Waals surface area contributed by atoms with Crippen LogP contribution in [0.4, 0.5) is 5.69 Å². The third-order valence-electron chi connectivity index (χ3n) is 4.87. The zero-order valence-electron chi connectivity index (χ0n) is 13.6. The molecule has 3 N–H and O–H groups in total. The number of carbonyl (C=O) groups excluding carboxylic acids is 1. The third kappa shape index (κ3) is 5.51. The van der Waals surface area contributed by atoms with Gasteiger partial charge >= 0.3 is 0 Å². The smallest absolute Gasteiger partial charge is 0.223 e. The van der Waals surface area contributed by atoms with E-state index in [1.54, 1.807) is 0 Å². The van der Waals surface area contributed by atoms with E-state index >= 15 is 0 Å². The van der Waals surface area contributed by atoms with Gasteiger partial charge in [0.05, 0.1) is 0 Å². The Morgan fingerprint density at radius 3 is 2.75 bits per heavy atom. The number of halogens is 3. The van der Waals surface area contributed by atoms with Gasteiger partial charge < -0.3 is 16.0 Å². The van der Waals surface area contributed by atoms with E-state index in [9.17, 15) is 4.79 Å². The second kappa shape index (κ2) is 9.85. The molecule has 0 bridgehead atoms. The molecule has 3 unspecified atom stereocenters. The molecule has 0 aromatic heterocycles. The molecule has 0 radical (unpaired) electrons. The van der Waals surface area contributed by atoms with Gasteiger partial charge in [-0.2, -0.15) is 0 Å². The maximum atomic E-state index is 12.2. The van der Waals surface area contributed by atoms with Crippen LogP contribution in [0.25, 0.3) is 0 Å². The van der Waals surface area contributed by atoms with Crippen LogP contribution in [0.3, 0.4) is 0 Å². The van der Waals surface area contributed by atoms with E-state index in [1.165, 1.54) is 5.69 Å². The van der Waals surface area contributed by atoms with Crippen molar-refractivity contribution < 1.29 is 4.79 Å². The molecule has 0 spiro atoms. The van der Waals surface area contributed by atoms with Crippen LogP contribution in [-0.4, -0.2) is 31.6 Å². The minimum atomic E-state index is 0. The highest BCUT2D eigenvalue weighted by Crippen LogP contribution is 2.27. The summed E-state index contributed by atoms with van der Waals surface area (Å²) < 4.78 is 1.11. The zero-order valence-corrected chi connectivity index (χ0v) is 16.8. The number of carbonyl (C=O) groups is 1. The molecule has 2 aliphatic rings. The van der Waals surface area contributed by atoms with E-state index in [1.807, 2.05) is 6.07 Å². The Morgan fingerprint density at radius 1 is 1.29 bits per heavy atom. The molecule has 1 saturated heterocycles. The van der Waals surface area contributed by atoms with E-state index in [-0.39, 0.29) is 42.7 Å². The first kappa shape index (κ1) is 21.6. The highest BCUT2D eigenvalue weighted by molar-refractivity contribution is 9.10. The lowest BCUT2D eigenvalue weighted by Crippen LogP contribution is -2.35. The fourth-order valence-corrected chi connectivity index (χ4v) is 3.94. The molecule has 1 heterocycles. The molecule has 1 aliphatic carbocycles. The SMILES string of the molecule is Cl.Cl.NC1CCC(C(=O)NCC2CCN(c3cccc(Br)c3)C2)C1. The van der Waals surface area contributed by atoms with Gasteiger partial charge in [-0.15, -0.1) is 24.8 Å². The lowest BCUT2D eigenvalue weighted by Gasteiger charge is -2.19. The van der Waals surface area contributed by atoms with Crippen molar-refractivity contribution in [2.75, 3.05) is 24.5 Å². The van der Waals surface area contributed by atoms with Gasteiger partial charge in [-0.25, -0.2) is 0 Å². The Hall–Kier alpha value is -0.490. The minimum Gasteiger partial charge on any atom is -0.371 e. The summed E-state index contributed by atoms with van der Waals surface area (Å²) in [6.07, 6.45) is 3.91. The number of nitrogens with two attached hydrogens (primary N) is 1. The van der Waals surface area contributed by atoms with Gasteiger partial charge in [0.25, 0.3) is 0 Å². The molecular weight excluding hydrogens is 413 g/mol. The number of rotatable bonds is 4. The maximum Gasteiger partial charge on any atom is 0.223 e. The lowest BCUT2D eigenvalue weighted by atomic mass is 10.1. The first-order chi connectivity index (χ1) is 10.6. The fraction of sp³-hybridized carbons (Fsp3) is 0.588. The summed E-state index contributed by atoms with van der Waals surface area (Å²) >= 11 is 3.52. The van der Waals surface area contributed by atoms with Crippen LogP contribution >= 0.6 is 40.7 Å². The van der Waals surface area contributed by atoms with Gasteiger partial charge in [0.15, 0.2) is 0 Å². The van der Waals surface area contributed by atoms with Gasteiger partial charge in [0.1, 0.15) is 0 Å². The molecule has 1 saturated carbocycles. The fourth-order valence-electron chi connectivity index (χ4n) is 3.55. The van der Waals surface area contributed by atoms with Crippen molar-refractivity contribution in [3.63, 3.8) is 0 Å². The molecule has 2 fully saturated rings. The van der Waals surface area contributed by atoms with Crippen molar-refractivity contribution in [2.45, 2.75) is 31.7 Å². The maximum absolute atomic E-state index is 12.2. The first-order valence-electron chi connectivity index (χ1n) is 8.15. The summed E-state index contributed by atoms with van der Waals surface area (Å²) in [5, 5.41) is 3.14. The molecule has 1 amide bonds. The topological polar surface area (TPSA) is 58.4 Å². The van der Waals surface area contributed by atoms with Crippen molar-refractivity contribution in [3.8, 4) is 0 Å². The predicted molar refractivity (Wildman–Crippen MR) is 107 cm³/mol. The van der Waals surface area contributed by atoms with Gasteiger partial charge in [-0.05, 0) is 49.8 Å². The van der Waals surface area contributed by atoms with Crippen molar-refractivity contribution in [3.05, 3.63) is 28.7 Å². The molecular formula is C17H26BrCl2N3O. The van der Waals surface area contributed by atoms with Crippen LogP contribution in [0.15, 0.2) is 28.7 Å². The Kier molecular flexibility index (Phi) is 8.85. The lowest BCUT2D eigenvalue weighted by molar-refractivity contribution is -0.125. The Morgan fingerprint density at radius 2 is 2.08 bits per heavy atom. The summed E-state index contributed by atoms with van der Waals surface area (Å²) in [4.78, 5) is 14.6. The summed E-state index contributed by atoms with van der Waals surface area (Å²) in [5.41, 5.74) is 7.14. The number of amides is 1. The molecule has 24 heavy (non-hydrogen) atoms. The standard InChI is InChI=1S/C17H24BrN3O.2ClH/c18-14-2-1-3-16(9-14)21-7-6-12(11-21)10-20-17(22)13-4-5-15(19)8-13;;/h1-3,9,12-13,15H,4-8,10-11,19H2,(H,20,22);2*1H. The molecule has 1 aliphatic heterocycles. The molecule has 1 aromatic rings. The molecule has 4 nitrogen and oxygen atoms in total. The monoisotopic (exact) mass is 437 g/mol. The summed E-state index contributed by atoms with van der Waals surface area (Å²) in [5.74, 6) is 0.879. The number of anilines is 1. The number of nitrogens with zero attached hydrogens (tertiary/aromatic N) is 1. The minimum absolute atomic E-state index is 0. The number of benzene rings is 1. The van der Waals surface area contributed by atoms with E-state index in [0.717, 1.165) is 49.8 Å². The molecule has 3 rings (SSSR count). The van der Waals surface area contributed by atoms with Crippen LogP contribution in [0.5, 0.6) is 0 Å². The molecule has 3 atom stereocenters. The predicted octanol–water partition coefficient (Wildman–Crippen LogP) is 3.36. The number of hydrogen-bond acceptors (Lipinski definition) is 3. The first-order valence-corrected chi connectivity index (χ1v) is 8.95. The van der Waals surface area contributed by atoms with Crippen LogP contribution in [-0.2, 0) is 4.79 Å². The largest absolute Gasteiger partial charge is 0.371 e. The summed E-state index contributed by atoms with van der Waals surface area (Å²) in [7, 11) is 0. The summed E-state index contributed by atoms with van der Waals surface area (Å²) in [6.45, 7) is 2.86. The molecule has 7 heteroatoms. The highest BCUT2D eigenvalue weighted by Gasteiger charge is 2.29. The van der Waals surface area contributed by atoms with Crippen LogP contribution < -0.4 is 16.0 Å². The normalized spacial score (nSPS) is 25.8. The van der Waals surface area contributed by atoms with Crippen molar-refractivity contribution in [1.82, 2.24) is 5.32 Å². The van der Waals surface area contributed by atoms with Gasteiger partial charge in [-0.3, -0.25) is 4.79 Å². The number of hydrogen-bond donors (Lipinski definition) is 2. The number of nitrogens with one attached hydrogen (secondary N) is 1. The van der Waals surface area contributed by atoms with Gasteiger partial charge in [0, 0.05) is 41.8 Å². The van der Waals surface area contributed by atoms with Gasteiger partial charge in [-0.1, -0.05) is 22.0 Å². The Balaban J connectivity index is 0.00000144. The third-order valence-corrected chi connectivity index (χ3v) is 5.36. The van der Waals surface area contributed by atoms with E-state index < -0.39 is 0 Å². The second-order valence-corrected chi connectivity index (χ2v) is 7.51. The quantitative estimate of drug-likeness (QED) is 0.757.